The third-order valence-corrected chi connectivity index (χ3v) is 7.03. The van der Waals surface area contributed by atoms with E-state index in [1.807, 2.05) is 19.3 Å². The van der Waals surface area contributed by atoms with E-state index in [1.54, 1.807) is 4.90 Å². The molecule has 0 bridgehead atoms. The zero-order valence-electron chi connectivity index (χ0n) is 18.0. The molecule has 0 spiro atoms. The molecule has 1 N–H and O–H groups in total. The summed E-state index contributed by atoms with van der Waals surface area (Å²) in [5, 5.41) is 12.9. The van der Waals surface area contributed by atoms with E-state index in [1.165, 1.54) is 31.5 Å². The zero-order chi connectivity index (χ0) is 20.9. The summed E-state index contributed by atoms with van der Waals surface area (Å²) >= 11 is 0. The molecule has 2 fully saturated rings. The highest BCUT2D eigenvalue weighted by molar-refractivity contribution is 5.97. The molecule has 0 radical (unpaired) electrons. The van der Waals surface area contributed by atoms with Gasteiger partial charge in [-0.1, -0.05) is 41.6 Å². The molecule has 1 amide bonds. The molecule has 3 aliphatic rings. The van der Waals surface area contributed by atoms with Crippen LogP contribution in [-0.4, -0.2) is 77.3 Å². The van der Waals surface area contributed by atoms with Crippen molar-refractivity contribution in [3.8, 4) is 0 Å². The fourth-order valence-electron chi connectivity index (χ4n) is 5.16. The lowest BCUT2D eigenvalue weighted by molar-refractivity contribution is -0.134. The number of amides is 1. The minimum Gasteiger partial charge on any atom is -0.411 e. The van der Waals surface area contributed by atoms with E-state index in [2.05, 4.69) is 45.3 Å². The molecule has 3 heterocycles. The van der Waals surface area contributed by atoms with Gasteiger partial charge in [-0.15, -0.1) is 0 Å². The number of carbonyl (C=O) groups is 1. The Kier molecular flexibility index (Phi) is 6.72. The molecule has 2 unspecified atom stereocenters. The SMILES string of the molecule is CN1CC/C(=N/O)C2C=CN(CCCCN3CCC(c4ccccc4)CC3)C2C1=O. The van der Waals surface area contributed by atoms with Crippen molar-refractivity contribution in [2.75, 3.05) is 39.8 Å². The fraction of sp³-hybridized carbons (Fsp3) is 0.583. The molecule has 6 heteroatoms. The average molecular weight is 411 g/mol. The molecule has 2 atom stereocenters. The number of rotatable bonds is 6. The smallest absolute Gasteiger partial charge is 0.246 e. The van der Waals surface area contributed by atoms with E-state index in [0.29, 0.717) is 18.9 Å². The highest BCUT2D eigenvalue weighted by Gasteiger charge is 2.41. The molecule has 2 saturated heterocycles. The van der Waals surface area contributed by atoms with Gasteiger partial charge in [0, 0.05) is 32.5 Å². The molecule has 0 aliphatic carbocycles. The van der Waals surface area contributed by atoms with Gasteiger partial charge in [0.15, 0.2) is 0 Å². The van der Waals surface area contributed by atoms with Gasteiger partial charge < -0.3 is 19.9 Å². The first-order chi connectivity index (χ1) is 14.7. The Labute approximate surface area is 179 Å². The summed E-state index contributed by atoms with van der Waals surface area (Å²) < 4.78 is 0. The Morgan fingerprint density at radius 1 is 1.07 bits per heavy atom. The second-order valence-electron chi connectivity index (χ2n) is 8.88. The lowest BCUT2D eigenvalue weighted by Gasteiger charge is -2.33. The van der Waals surface area contributed by atoms with Crippen molar-refractivity contribution < 1.29 is 10.0 Å². The van der Waals surface area contributed by atoms with Gasteiger partial charge in [-0.2, -0.15) is 0 Å². The number of nitrogens with zero attached hydrogens (tertiary/aromatic N) is 4. The summed E-state index contributed by atoms with van der Waals surface area (Å²) in [4.78, 5) is 19.3. The van der Waals surface area contributed by atoms with E-state index in [-0.39, 0.29) is 17.9 Å². The van der Waals surface area contributed by atoms with Crippen molar-refractivity contribution in [1.82, 2.24) is 14.7 Å². The fourth-order valence-corrected chi connectivity index (χ4v) is 5.16. The van der Waals surface area contributed by atoms with Gasteiger partial charge in [-0.25, -0.2) is 0 Å². The molecule has 162 valence electrons. The van der Waals surface area contributed by atoms with Crippen LogP contribution in [0.5, 0.6) is 0 Å². The number of unbranched alkanes of at least 4 members (excludes halogenated alkanes) is 1. The maximum atomic E-state index is 12.8. The molecule has 1 aromatic rings. The number of likely N-dealkylation sites (tertiary alicyclic amines) is 2. The Morgan fingerprint density at radius 3 is 2.53 bits per heavy atom. The monoisotopic (exact) mass is 410 g/mol. The van der Waals surface area contributed by atoms with Gasteiger partial charge >= 0.3 is 0 Å². The molecule has 0 aromatic heterocycles. The molecular formula is C24H34N4O2. The van der Waals surface area contributed by atoms with Crippen molar-refractivity contribution in [3.05, 3.63) is 48.2 Å². The number of oxime groups is 1. The highest BCUT2D eigenvalue weighted by atomic mass is 16.4. The van der Waals surface area contributed by atoms with Crippen LogP contribution in [0.25, 0.3) is 0 Å². The second kappa shape index (κ2) is 9.65. The summed E-state index contributed by atoms with van der Waals surface area (Å²) in [6, 6.07) is 10.7. The minimum atomic E-state index is -0.245. The maximum absolute atomic E-state index is 12.8. The van der Waals surface area contributed by atoms with Crippen molar-refractivity contribution in [1.29, 1.82) is 0 Å². The van der Waals surface area contributed by atoms with Gasteiger partial charge in [0.05, 0.1) is 5.71 Å². The number of hydrogen-bond donors (Lipinski definition) is 1. The number of likely N-dealkylation sites (N-methyl/N-ethyl adjacent to an activating group) is 1. The molecule has 0 saturated carbocycles. The first-order valence-corrected chi connectivity index (χ1v) is 11.3. The first kappa shape index (κ1) is 20.9. The van der Waals surface area contributed by atoms with E-state index in [9.17, 15) is 10.0 Å². The van der Waals surface area contributed by atoms with Crippen molar-refractivity contribution >= 4 is 11.6 Å². The van der Waals surface area contributed by atoms with Crippen LogP contribution in [0, 0.1) is 5.92 Å². The predicted molar refractivity (Wildman–Crippen MR) is 119 cm³/mol. The normalized spacial score (nSPS) is 27.0. The number of hydrogen-bond acceptors (Lipinski definition) is 5. The van der Waals surface area contributed by atoms with Crippen LogP contribution >= 0.6 is 0 Å². The van der Waals surface area contributed by atoms with Crippen LogP contribution in [0.2, 0.25) is 0 Å². The van der Waals surface area contributed by atoms with Crippen LogP contribution in [-0.2, 0) is 4.79 Å². The van der Waals surface area contributed by atoms with Gasteiger partial charge in [0.25, 0.3) is 0 Å². The summed E-state index contributed by atoms with van der Waals surface area (Å²) in [7, 11) is 1.84. The van der Waals surface area contributed by atoms with Crippen molar-refractivity contribution in [2.24, 2.45) is 11.1 Å². The molecule has 3 aliphatic heterocycles. The Hall–Kier alpha value is -2.34. The Morgan fingerprint density at radius 2 is 1.80 bits per heavy atom. The van der Waals surface area contributed by atoms with Crippen LogP contribution in [0.1, 0.15) is 43.6 Å². The summed E-state index contributed by atoms with van der Waals surface area (Å²) in [5.41, 5.74) is 2.20. The average Bonchev–Trinajstić information content (AvgIpc) is 3.16. The summed E-state index contributed by atoms with van der Waals surface area (Å²) in [6.45, 7) is 4.97. The highest BCUT2D eigenvalue weighted by Crippen LogP contribution is 2.29. The van der Waals surface area contributed by atoms with E-state index in [0.717, 1.165) is 31.6 Å². The molecular weight excluding hydrogens is 376 g/mol. The second-order valence-corrected chi connectivity index (χ2v) is 8.88. The summed E-state index contributed by atoms with van der Waals surface area (Å²) in [5.74, 6) is 0.742. The van der Waals surface area contributed by atoms with Gasteiger partial charge in [0.1, 0.15) is 6.04 Å². The maximum Gasteiger partial charge on any atom is 0.246 e. The lowest BCUT2D eigenvalue weighted by atomic mass is 9.89. The van der Waals surface area contributed by atoms with Crippen LogP contribution < -0.4 is 0 Å². The Bertz CT molecular complexity index is 771. The third kappa shape index (κ3) is 4.53. The predicted octanol–water partition coefficient (Wildman–Crippen LogP) is 3.15. The van der Waals surface area contributed by atoms with Crippen LogP contribution in [0.15, 0.2) is 47.8 Å². The zero-order valence-corrected chi connectivity index (χ0v) is 18.0. The third-order valence-electron chi connectivity index (χ3n) is 7.03. The van der Waals surface area contributed by atoms with E-state index < -0.39 is 0 Å². The number of fused-ring (bicyclic) bond motifs is 1. The van der Waals surface area contributed by atoms with Crippen LogP contribution in [0.3, 0.4) is 0 Å². The van der Waals surface area contributed by atoms with Gasteiger partial charge in [-0.3, -0.25) is 4.79 Å². The van der Waals surface area contributed by atoms with Crippen LogP contribution in [0.4, 0.5) is 0 Å². The number of benzene rings is 1. The quantitative estimate of drug-likeness (QED) is 0.445. The van der Waals surface area contributed by atoms with Gasteiger partial charge in [-0.05, 0) is 63.0 Å². The molecule has 6 nitrogen and oxygen atoms in total. The molecule has 1 aromatic carbocycles. The Balaban J connectivity index is 1.22. The van der Waals surface area contributed by atoms with Crippen molar-refractivity contribution in [3.63, 3.8) is 0 Å². The molecule has 30 heavy (non-hydrogen) atoms. The topological polar surface area (TPSA) is 59.4 Å². The van der Waals surface area contributed by atoms with E-state index >= 15 is 0 Å². The van der Waals surface area contributed by atoms with E-state index in [4.69, 9.17) is 0 Å². The lowest BCUT2D eigenvalue weighted by Crippen LogP contribution is -2.46. The number of carbonyl (C=O) groups excluding carboxylic acids is 1. The van der Waals surface area contributed by atoms with Crippen molar-refractivity contribution in [2.45, 2.75) is 44.1 Å². The van der Waals surface area contributed by atoms with Gasteiger partial charge in [0.2, 0.25) is 5.91 Å². The number of piperidine rings is 1. The standard InChI is InChI=1S/C24H34N4O2/c1-26-15-12-22(25-30)21-11-18-28(23(21)24(26)29)14-6-5-13-27-16-9-20(10-17-27)19-7-3-2-4-8-19/h2-4,7-8,11,18,20-21,23,30H,5-6,9-10,12-17H2,1H3/b25-22-. The molecule has 4 rings (SSSR count). The summed E-state index contributed by atoms with van der Waals surface area (Å²) in [6.07, 6.45) is 9.39. The first-order valence-electron chi connectivity index (χ1n) is 11.3. The minimum absolute atomic E-state index is 0.0931. The largest absolute Gasteiger partial charge is 0.411 e.